The average Bonchev–Trinajstić information content (AvgIpc) is 2.33. The number of rotatable bonds is 6. The van der Waals surface area contributed by atoms with E-state index in [0.29, 0.717) is 0 Å². The smallest absolute Gasteiger partial charge is 0.306 e. The predicted molar refractivity (Wildman–Crippen MR) is 66.4 cm³/mol. The summed E-state index contributed by atoms with van der Waals surface area (Å²) in [6.07, 6.45) is 4.08. The van der Waals surface area contributed by atoms with Gasteiger partial charge in [-0.15, -0.1) is 0 Å². The second-order valence-electron chi connectivity index (χ2n) is 3.70. The number of benzene rings is 1. The minimum Gasteiger partial charge on any atom is -0.461 e. The molecular formula is C14H16O3. The average molecular weight is 232 g/mol. The van der Waals surface area contributed by atoms with Crippen LogP contribution in [0.1, 0.15) is 25.3 Å². The third-order valence-electron chi connectivity index (χ3n) is 2.13. The maximum atomic E-state index is 11.2. The molecule has 1 rings (SSSR count). The molecule has 0 bridgehead atoms. The molecule has 90 valence electrons. The number of hydrogen-bond acceptors (Lipinski definition) is 3. The quantitative estimate of drug-likeness (QED) is 0.708. The number of carbonyl (C=O) groups excluding carboxylic acids is 2. The largest absolute Gasteiger partial charge is 0.461 e. The van der Waals surface area contributed by atoms with Crippen LogP contribution < -0.4 is 0 Å². The van der Waals surface area contributed by atoms with Crippen molar-refractivity contribution in [1.82, 2.24) is 0 Å². The third-order valence-corrected chi connectivity index (χ3v) is 2.13. The van der Waals surface area contributed by atoms with Gasteiger partial charge in [0.1, 0.15) is 12.4 Å². The maximum Gasteiger partial charge on any atom is 0.306 e. The van der Waals surface area contributed by atoms with Gasteiger partial charge < -0.3 is 9.53 Å². The number of ether oxygens (including phenoxy) is 1. The van der Waals surface area contributed by atoms with Crippen molar-refractivity contribution in [1.29, 1.82) is 0 Å². The van der Waals surface area contributed by atoms with Gasteiger partial charge in [-0.3, -0.25) is 4.79 Å². The number of carbonyl (C=O) groups is 2. The van der Waals surface area contributed by atoms with Crippen molar-refractivity contribution < 1.29 is 14.3 Å². The highest BCUT2D eigenvalue weighted by atomic mass is 16.5. The SMILES string of the molecule is CC(=O)CCC(=O)OCC=Cc1ccccc1. The summed E-state index contributed by atoms with van der Waals surface area (Å²) >= 11 is 0. The highest BCUT2D eigenvalue weighted by Gasteiger charge is 2.03. The molecule has 0 radical (unpaired) electrons. The summed E-state index contributed by atoms with van der Waals surface area (Å²) < 4.78 is 4.94. The van der Waals surface area contributed by atoms with Gasteiger partial charge in [0.2, 0.25) is 0 Å². The third kappa shape index (κ3) is 6.30. The normalized spacial score (nSPS) is 10.4. The second kappa shape index (κ2) is 7.39. The maximum absolute atomic E-state index is 11.2. The van der Waals surface area contributed by atoms with Gasteiger partial charge in [-0.2, -0.15) is 0 Å². The monoisotopic (exact) mass is 232 g/mol. The summed E-state index contributed by atoms with van der Waals surface area (Å²) in [7, 11) is 0. The number of esters is 1. The van der Waals surface area contributed by atoms with Gasteiger partial charge in [-0.05, 0) is 18.6 Å². The lowest BCUT2D eigenvalue weighted by Gasteiger charge is -1.99. The van der Waals surface area contributed by atoms with Gasteiger partial charge in [-0.25, -0.2) is 0 Å². The first kappa shape index (κ1) is 13.2. The Morgan fingerprint density at radius 3 is 2.53 bits per heavy atom. The molecule has 0 aliphatic carbocycles. The number of hydrogen-bond donors (Lipinski definition) is 0. The second-order valence-corrected chi connectivity index (χ2v) is 3.70. The van der Waals surface area contributed by atoms with E-state index in [4.69, 9.17) is 4.74 Å². The van der Waals surface area contributed by atoms with E-state index in [2.05, 4.69) is 0 Å². The Morgan fingerprint density at radius 1 is 1.18 bits per heavy atom. The van der Waals surface area contributed by atoms with E-state index in [1.807, 2.05) is 36.4 Å². The Balaban J connectivity index is 2.21. The molecule has 0 aromatic heterocycles. The van der Waals surface area contributed by atoms with Gasteiger partial charge in [0.25, 0.3) is 0 Å². The topological polar surface area (TPSA) is 43.4 Å². The molecule has 0 heterocycles. The zero-order chi connectivity index (χ0) is 12.5. The van der Waals surface area contributed by atoms with Crippen LogP contribution in [0.25, 0.3) is 6.08 Å². The lowest BCUT2D eigenvalue weighted by atomic mass is 10.2. The predicted octanol–water partition coefficient (Wildman–Crippen LogP) is 2.61. The number of ketones is 1. The van der Waals surface area contributed by atoms with Crippen molar-refractivity contribution in [2.75, 3.05) is 6.61 Å². The fourth-order valence-corrected chi connectivity index (χ4v) is 1.24. The van der Waals surface area contributed by atoms with Crippen molar-refractivity contribution in [3.8, 4) is 0 Å². The minimum absolute atomic E-state index is 0.00165. The van der Waals surface area contributed by atoms with Crippen molar-refractivity contribution in [2.45, 2.75) is 19.8 Å². The molecule has 0 N–H and O–H groups in total. The van der Waals surface area contributed by atoms with Crippen molar-refractivity contribution in [3.63, 3.8) is 0 Å². The molecule has 0 aliphatic heterocycles. The molecule has 0 unspecified atom stereocenters. The van der Waals surface area contributed by atoms with Crippen LogP contribution in [0.15, 0.2) is 36.4 Å². The van der Waals surface area contributed by atoms with Crippen LogP contribution in [0.3, 0.4) is 0 Å². The lowest BCUT2D eigenvalue weighted by molar-refractivity contribution is -0.143. The van der Waals surface area contributed by atoms with Crippen LogP contribution in [0, 0.1) is 0 Å². The molecule has 3 nitrogen and oxygen atoms in total. The highest BCUT2D eigenvalue weighted by Crippen LogP contribution is 2.01. The van der Waals surface area contributed by atoms with E-state index in [-0.39, 0.29) is 31.2 Å². The summed E-state index contributed by atoms with van der Waals surface area (Å²) in [6.45, 7) is 1.70. The summed E-state index contributed by atoms with van der Waals surface area (Å²) in [5, 5.41) is 0. The first-order valence-electron chi connectivity index (χ1n) is 5.55. The van der Waals surface area contributed by atoms with E-state index in [9.17, 15) is 9.59 Å². The van der Waals surface area contributed by atoms with Crippen LogP contribution in [-0.4, -0.2) is 18.4 Å². The van der Waals surface area contributed by atoms with E-state index in [1.165, 1.54) is 6.92 Å². The van der Waals surface area contributed by atoms with Crippen molar-refractivity contribution in [3.05, 3.63) is 42.0 Å². The Kier molecular flexibility index (Phi) is 5.72. The molecule has 0 spiro atoms. The molecule has 1 aromatic rings. The first-order valence-corrected chi connectivity index (χ1v) is 5.55. The Bertz CT molecular complexity index is 393. The molecule has 0 saturated heterocycles. The van der Waals surface area contributed by atoms with E-state index in [0.717, 1.165) is 5.56 Å². The number of Topliss-reactive ketones (excluding diaryl/α,β-unsaturated/α-hetero) is 1. The fourth-order valence-electron chi connectivity index (χ4n) is 1.24. The van der Waals surface area contributed by atoms with Crippen LogP contribution in [0.2, 0.25) is 0 Å². The fraction of sp³-hybridized carbons (Fsp3) is 0.286. The summed E-state index contributed by atoms with van der Waals surface area (Å²) in [4.78, 5) is 21.8. The Hall–Kier alpha value is -1.90. The summed E-state index contributed by atoms with van der Waals surface area (Å²) in [5.74, 6) is -0.334. The summed E-state index contributed by atoms with van der Waals surface area (Å²) in [5.41, 5.74) is 1.06. The van der Waals surface area contributed by atoms with Crippen molar-refractivity contribution in [2.24, 2.45) is 0 Å². The Labute approximate surface area is 101 Å². The van der Waals surface area contributed by atoms with Crippen molar-refractivity contribution >= 4 is 17.8 Å². The van der Waals surface area contributed by atoms with Gasteiger partial charge >= 0.3 is 5.97 Å². The van der Waals surface area contributed by atoms with Gasteiger partial charge in [0, 0.05) is 6.42 Å². The molecular weight excluding hydrogens is 216 g/mol. The molecule has 0 saturated carbocycles. The zero-order valence-electron chi connectivity index (χ0n) is 9.89. The first-order chi connectivity index (χ1) is 8.18. The van der Waals surface area contributed by atoms with E-state index >= 15 is 0 Å². The van der Waals surface area contributed by atoms with Crippen LogP contribution in [0.4, 0.5) is 0 Å². The van der Waals surface area contributed by atoms with Crippen LogP contribution in [0.5, 0.6) is 0 Å². The van der Waals surface area contributed by atoms with Gasteiger partial charge in [-0.1, -0.05) is 36.4 Å². The van der Waals surface area contributed by atoms with Gasteiger partial charge in [0.05, 0.1) is 6.42 Å². The van der Waals surface area contributed by atoms with Crippen LogP contribution in [-0.2, 0) is 14.3 Å². The molecule has 0 fully saturated rings. The standard InChI is InChI=1S/C14H16O3/c1-12(15)9-10-14(16)17-11-5-8-13-6-3-2-4-7-13/h2-8H,9-11H2,1H3. The Morgan fingerprint density at radius 2 is 1.88 bits per heavy atom. The van der Waals surface area contributed by atoms with E-state index in [1.54, 1.807) is 6.08 Å². The summed E-state index contributed by atoms with van der Waals surface area (Å²) in [6, 6.07) is 9.76. The lowest BCUT2D eigenvalue weighted by Crippen LogP contribution is -2.06. The molecule has 0 amide bonds. The van der Waals surface area contributed by atoms with E-state index < -0.39 is 0 Å². The highest BCUT2D eigenvalue weighted by molar-refractivity contribution is 5.81. The molecule has 17 heavy (non-hydrogen) atoms. The molecule has 1 aromatic carbocycles. The molecule has 0 aliphatic rings. The molecule has 0 atom stereocenters. The van der Waals surface area contributed by atoms with Crippen LogP contribution >= 0.6 is 0 Å². The van der Waals surface area contributed by atoms with Gasteiger partial charge in [0.15, 0.2) is 0 Å². The molecule has 3 heteroatoms. The minimum atomic E-state index is -0.335. The zero-order valence-corrected chi connectivity index (χ0v) is 9.89.